The summed E-state index contributed by atoms with van der Waals surface area (Å²) in [5, 5.41) is 10.9. The highest BCUT2D eigenvalue weighted by Crippen LogP contribution is 2.23. The Labute approximate surface area is 186 Å². The second-order valence-electron chi connectivity index (χ2n) is 6.96. The van der Waals surface area contributed by atoms with E-state index in [2.05, 4.69) is 20.7 Å². The zero-order valence-electron chi connectivity index (χ0n) is 17.3. The molecule has 0 atom stereocenters. The number of H-pyrrole nitrogens is 1. The number of hydrogen-bond acceptors (Lipinski definition) is 4. The molecular weight excluding hydrogens is 400 g/mol. The van der Waals surface area contributed by atoms with Crippen LogP contribution in [0.1, 0.15) is 21.6 Å². The molecule has 0 radical (unpaired) electrons. The van der Waals surface area contributed by atoms with Gasteiger partial charge in [0.05, 0.1) is 5.69 Å². The zero-order valence-corrected chi connectivity index (χ0v) is 17.3. The van der Waals surface area contributed by atoms with E-state index in [0.29, 0.717) is 18.0 Å². The lowest BCUT2D eigenvalue weighted by atomic mass is 10.1. The molecule has 0 aliphatic carbocycles. The molecule has 0 fully saturated rings. The summed E-state index contributed by atoms with van der Waals surface area (Å²) in [7, 11) is 0. The van der Waals surface area contributed by atoms with Crippen molar-refractivity contribution in [1.82, 2.24) is 15.6 Å². The van der Waals surface area contributed by atoms with Gasteiger partial charge in [-0.05, 0) is 35.4 Å². The minimum absolute atomic E-state index is 0.319. The SMILES string of the molecule is O=C(NN=CC=Cc1ccccc1)c1cc(-c2cccc(OCc3ccccc3)c2)n[nH]1. The molecule has 6 nitrogen and oxygen atoms in total. The molecule has 158 valence electrons. The van der Waals surface area contributed by atoms with Crippen LogP contribution in [0.25, 0.3) is 17.3 Å². The summed E-state index contributed by atoms with van der Waals surface area (Å²) in [4.78, 5) is 12.3. The van der Waals surface area contributed by atoms with Gasteiger partial charge in [0.15, 0.2) is 0 Å². The van der Waals surface area contributed by atoms with Crippen molar-refractivity contribution in [3.05, 3.63) is 114 Å². The number of carbonyl (C=O) groups is 1. The van der Waals surface area contributed by atoms with Crippen LogP contribution in [0.4, 0.5) is 0 Å². The largest absolute Gasteiger partial charge is 0.489 e. The Morgan fingerprint density at radius 3 is 2.56 bits per heavy atom. The number of rotatable bonds is 8. The van der Waals surface area contributed by atoms with E-state index in [9.17, 15) is 4.79 Å². The Balaban J connectivity index is 1.34. The molecule has 4 rings (SSSR count). The lowest BCUT2D eigenvalue weighted by Gasteiger charge is -2.07. The van der Waals surface area contributed by atoms with E-state index < -0.39 is 0 Å². The van der Waals surface area contributed by atoms with Gasteiger partial charge in [0, 0.05) is 11.8 Å². The molecule has 6 heteroatoms. The van der Waals surface area contributed by atoms with E-state index in [-0.39, 0.29) is 5.91 Å². The highest BCUT2D eigenvalue weighted by atomic mass is 16.5. The third-order valence-electron chi connectivity index (χ3n) is 4.62. The number of amides is 1. The van der Waals surface area contributed by atoms with Crippen LogP contribution in [0.2, 0.25) is 0 Å². The smallest absolute Gasteiger partial charge is 0.289 e. The van der Waals surface area contributed by atoms with Crippen molar-refractivity contribution < 1.29 is 9.53 Å². The molecule has 0 spiro atoms. The predicted octanol–water partition coefficient (Wildman–Crippen LogP) is 5.08. The van der Waals surface area contributed by atoms with Crippen LogP contribution >= 0.6 is 0 Å². The van der Waals surface area contributed by atoms with Crippen molar-refractivity contribution in [2.45, 2.75) is 6.61 Å². The maximum atomic E-state index is 12.3. The van der Waals surface area contributed by atoms with Crippen LogP contribution in [-0.2, 0) is 6.61 Å². The summed E-state index contributed by atoms with van der Waals surface area (Å²) < 4.78 is 5.87. The third kappa shape index (κ3) is 5.79. The van der Waals surface area contributed by atoms with Crippen molar-refractivity contribution in [2.75, 3.05) is 0 Å². The van der Waals surface area contributed by atoms with Crippen LogP contribution in [0.5, 0.6) is 5.75 Å². The minimum Gasteiger partial charge on any atom is -0.489 e. The number of aromatic nitrogens is 2. The molecule has 1 heterocycles. The average Bonchev–Trinajstić information content (AvgIpc) is 3.35. The number of ether oxygens (including phenoxy) is 1. The fraction of sp³-hybridized carbons (Fsp3) is 0.0385. The zero-order chi connectivity index (χ0) is 22.0. The highest BCUT2D eigenvalue weighted by Gasteiger charge is 2.11. The fourth-order valence-electron chi connectivity index (χ4n) is 2.99. The number of hydrazone groups is 1. The van der Waals surface area contributed by atoms with Crippen LogP contribution in [-0.4, -0.2) is 22.3 Å². The Hall–Kier alpha value is -4.45. The molecule has 32 heavy (non-hydrogen) atoms. The van der Waals surface area contributed by atoms with Crippen molar-refractivity contribution >= 4 is 18.2 Å². The number of nitrogens with one attached hydrogen (secondary N) is 2. The Bertz CT molecular complexity index is 1210. The summed E-state index contributed by atoms with van der Waals surface area (Å²) in [6.45, 7) is 0.481. The van der Waals surface area contributed by atoms with Crippen LogP contribution in [0, 0.1) is 0 Å². The van der Waals surface area contributed by atoms with Crippen molar-refractivity contribution in [3.63, 3.8) is 0 Å². The van der Waals surface area contributed by atoms with E-state index in [0.717, 1.165) is 22.4 Å². The molecule has 0 saturated carbocycles. The first-order valence-corrected chi connectivity index (χ1v) is 10.2. The topological polar surface area (TPSA) is 79.4 Å². The van der Waals surface area contributed by atoms with Crippen LogP contribution in [0.15, 0.2) is 102 Å². The molecule has 0 bridgehead atoms. The van der Waals surface area contributed by atoms with E-state index >= 15 is 0 Å². The molecule has 3 aromatic carbocycles. The fourth-order valence-corrected chi connectivity index (χ4v) is 2.99. The lowest BCUT2D eigenvalue weighted by molar-refractivity contribution is 0.0950. The first kappa shape index (κ1) is 20.8. The normalized spacial score (nSPS) is 11.1. The van der Waals surface area contributed by atoms with Crippen molar-refractivity contribution in [1.29, 1.82) is 0 Å². The molecule has 2 N–H and O–H groups in total. The van der Waals surface area contributed by atoms with Gasteiger partial charge in [0.25, 0.3) is 5.91 Å². The summed E-state index contributed by atoms with van der Waals surface area (Å²) in [5.74, 6) is 0.361. The molecule has 4 aromatic rings. The Kier molecular flexibility index (Phi) is 6.85. The summed E-state index contributed by atoms with van der Waals surface area (Å²) in [6, 6.07) is 29.1. The maximum Gasteiger partial charge on any atom is 0.289 e. The van der Waals surface area contributed by atoms with Gasteiger partial charge < -0.3 is 4.74 Å². The quantitative estimate of drug-likeness (QED) is 0.307. The Morgan fingerprint density at radius 2 is 1.75 bits per heavy atom. The van der Waals surface area contributed by atoms with Crippen LogP contribution < -0.4 is 10.2 Å². The van der Waals surface area contributed by atoms with E-state index in [1.807, 2.05) is 91.0 Å². The lowest BCUT2D eigenvalue weighted by Crippen LogP contribution is -2.17. The number of nitrogens with zero attached hydrogens (tertiary/aromatic N) is 2. The number of benzene rings is 3. The molecule has 0 unspecified atom stereocenters. The highest BCUT2D eigenvalue weighted by molar-refractivity contribution is 5.94. The van der Waals surface area contributed by atoms with Gasteiger partial charge in [-0.2, -0.15) is 10.2 Å². The first-order valence-electron chi connectivity index (χ1n) is 10.2. The van der Waals surface area contributed by atoms with Gasteiger partial charge in [-0.15, -0.1) is 0 Å². The number of allylic oxidation sites excluding steroid dienone is 1. The third-order valence-corrected chi connectivity index (χ3v) is 4.62. The standard InChI is InChI=1S/C26H22N4O2/c31-26(30-27-16-8-13-20-9-3-1-4-10-20)25-18-24(28-29-25)22-14-7-15-23(17-22)32-19-21-11-5-2-6-12-21/h1-18H,19H2,(H,28,29)(H,30,31). The number of aromatic amines is 1. The van der Waals surface area contributed by atoms with Gasteiger partial charge in [-0.3, -0.25) is 9.89 Å². The molecular formula is C26H22N4O2. The van der Waals surface area contributed by atoms with Crippen molar-refractivity contribution in [3.8, 4) is 17.0 Å². The maximum absolute atomic E-state index is 12.3. The molecule has 1 aromatic heterocycles. The van der Waals surface area contributed by atoms with Gasteiger partial charge in [0.2, 0.25) is 0 Å². The van der Waals surface area contributed by atoms with Gasteiger partial charge in [0.1, 0.15) is 18.1 Å². The number of hydrogen-bond donors (Lipinski definition) is 2. The minimum atomic E-state index is -0.371. The summed E-state index contributed by atoms with van der Waals surface area (Å²) in [6.07, 6.45) is 5.18. The van der Waals surface area contributed by atoms with E-state index in [1.165, 1.54) is 6.21 Å². The van der Waals surface area contributed by atoms with Gasteiger partial charge in [-0.25, -0.2) is 5.43 Å². The molecule has 0 aliphatic rings. The van der Waals surface area contributed by atoms with Crippen LogP contribution in [0.3, 0.4) is 0 Å². The van der Waals surface area contributed by atoms with Crippen molar-refractivity contribution in [2.24, 2.45) is 5.10 Å². The number of carbonyl (C=O) groups excluding carboxylic acids is 1. The van der Waals surface area contributed by atoms with E-state index in [1.54, 1.807) is 12.1 Å². The molecule has 0 saturated heterocycles. The van der Waals surface area contributed by atoms with E-state index in [4.69, 9.17) is 4.74 Å². The van der Waals surface area contributed by atoms with Gasteiger partial charge in [-0.1, -0.05) is 78.9 Å². The monoisotopic (exact) mass is 422 g/mol. The molecule has 0 aliphatic heterocycles. The average molecular weight is 422 g/mol. The summed E-state index contributed by atoms with van der Waals surface area (Å²) in [5.41, 5.74) is 6.44. The van der Waals surface area contributed by atoms with Gasteiger partial charge >= 0.3 is 0 Å². The second-order valence-corrected chi connectivity index (χ2v) is 6.96. The summed E-state index contributed by atoms with van der Waals surface area (Å²) >= 11 is 0. The Morgan fingerprint density at radius 1 is 0.969 bits per heavy atom. The molecule has 1 amide bonds. The predicted molar refractivity (Wildman–Crippen MR) is 126 cm³/mol. The first-order chi connectivity index (χ1) is 15.8. The second kappa shape index (κ2) is 10.5.